The Morgan fingerprint density at radius 1 is 1.36 bits per heavy atom. The number of halogens is 4. The Hall–Kier alpha value is -0.500. The summed E-state index contributed by atoms with van der Waals surface area (Å²) in [7, 11) is 0. The maximum atomic E-state index is 12.7. The molecule has 0 saturated heterocycles. The second-order valence-corrected chi connectivity index (χ2v) is 8.66. The molecule has 0 aromatic heterocycles. The summed E-state index contributed by atoms with van der Waals surface area (Å²) in [5.74, 6) is 0. The smallest absolute Gasteiger partial charge is 0.416 e. The zero-order valence-corrected chi connectivity index (χ0v) is 15.0. The first-order valence-electron chi connectivity index (χ1n) is 6.62. The van der Waals surface area contributed by atoms with Crippen LogP contribution in [0.1, 0.15) is 44.4 Å². The topological polar surface area (TPSA) is 35.1 Å². The molecule has 1 rings (SSSR count). The van der Waals surface area contributed by atoms with Gasteiger partial charge in [-0.2, -0.15) is 13.2 Å². The number of rotatable bonds is 5. The molecule has 2 atom stereocenters. The van der Waals surface area contributed by atoms with Crippen LogP contribution in [0, 0.1) is 0 Å². The highest BCUT2D eigenvalue weighted by atomic mass is 79.9. The van der Waals surface area contributed by atoms with Crippen LogP contribution in [0.4, 0.5) is 13.2 Å². The SMILES string of the molecule is C=CC[C@@H](N[S@+]([O-])C(C)(C)C)c1ccc(C(F)(F)F)cc1Br. The summed E-state index contributed by atoms with van der Waals surface area (Å²) in [4.78, 5) is 0. The van der Waals surface area contributed by atoms with Crippen molar-refractivity contribution in [3.05, 3.63) is 46.5 Å². The van der Waals surface area contributed by atoms with E-state index in [4.69, 9.17) is 0 Å². The van der Waals surface area contributed by atoms with Gasteiger partial charge in [0.15, 0.2) is 0 Å². The second kappa shape index (κ2) is 7.38. The second-order valence-electron chi connectivity index (χ2n) is 5.81. The van der Waals surface area contributed by atoms with Gasteiger partial charge in [0.25, 0.3) is 0 Å². The Balaban J connectivity index is 3.09. The Labute approximate surface area is 140 Å². The van der Waals surface area contributed by atoms with Gasteiger partial charge < -0.3 is 4.55 Å². The largest absolute Gasteiger partial charge is 0.598 e. The molecule has 1 aromatic rings. The number of benzene rings is 1. The number of nitrogens with one attached hydrogen (secondary N) is 1. The zero-order chi connectivity index (χ0) is 17.1. The third-order valence-corrected chi connectivity index (χ3v) is 5.21. The summed E-state index contributed by atoms with van der Waals surface area (Å²) < 4.78 is 53.2. The third kappa shape index (κ3) is 5.30. The van der Waals surface area contributed by atoms with Gasteiger partial charge in [0.1, 0.15) is 4.75 Å². The van der Waals surface area contributed by atoms with Crippen molar-refractivity contribution in [2.24, 2.45) is 0 Å². The van der Waals surface area contributed by atoms with Gasteiger partial charge in [-0.05, 0) is 44.9 Å². The van der Waals surface area contributed by atoms with Crippen LogP contribution in [0.3, 0.4) is 0 Å². The summed E-state index contributed by atoms with van der Waals surface area (Å²) in [6, 6.07) is 3.08. The first-order chi connectivity index (χ1) is 9.96. The van der Waals surface area contributed by atoms with Crippen molar-refractivity contribution >= 4 is 27.3 Å². The van der Waals surface area contributed by atoms with Gasteiger partial charge in [0.05, 0.1) is 11.6 Å². The number of hydrogen-bond donors (Lipinski definition) is 1. The van der Waals surface area contributed by atoms with E-state index in [-0.39, 0.29) is 6.04 Å². The standard InChI is InChI=1S/C15H19BrF3NOS/c1-5-6-13(20-22(21)14(2,3)4)11-8-7-10(9-12(11)16)15(17,18)19/h5,7-9,13,20H,1,6H2,2-4H3/t13-,22-/m1/s1. The van der Waals surface area contributed by atoms with E-state index >= 15 is 0 Å². The molecule has 1 aromatic carbocycles. The van der Waals surface area contributed by atoms with Crippen LogP contribution >= 0.6 is 15.9 Å². The van der Waals surface area contributed by atoms with Crippen molar-refractivity contribution in [1.29, 1.82) is 0 Å². The van der Waals surface area contributed by atoms with E-state index in [1.54, 1.807) is 6.08 Å². The van der Waals surface area contributed by atoms with Crippen LogP contribution in [-0.4, -0.2) is 9.30 Å². The minimum absolute atomic E-state index is 0.326. The lowest BCUT2D eigenvalue weighted by Gasteiger charge is -2.28. The summed E-state index contributed by atoms with van der Waals surface area (Å²) in [5, 5.41) is 0. The highest BCUT2D eigenvalue weighted by Gasteiger charge is 2.33. The van der Waals surface area contributed by atoms with E-state index in [9.17, 15) is 17.7 Å². The number of alkyl halides is 3. The maximum absolute atomic E-state index is 12.7. The van der Waals surface area contributed by atoms with Crippen LogP contribution in [0.15, 0.2) is 35.3 Å². The van der Waals surface area contributed by atoms with Crippen molar-refractivity contribution in [1.82, 2.24) is 4.72 Å². The van der Waals surface area contributed by atoms with Crippen LogP contribution in [0.5, 0.6) is 0 Å². The van der Waals surface area contributed by atoms with Gasteiger partial charge in [-0.1, -0.05) is 28.1 Å². The molecule has 0 saturated carbocycles. The van der Waals surface area contributed by atoms with Crippen molar-refractivity contribution in [3.63, 3.8) is 0 Å². The van der Waals surface area contributed by atoms with Gasteiger partial charge in [-0.3, -0.25) is 0 Å². The molecule has 0 heterocycles. The predicted molar refractivity (Wildman–Crippen MR) is 87.7 cm³/mol. The van der Waals surface area contributed by atoms with Gasteiger partial charge in [-0.15, -0.1) is 11.3 Å². The first kappa shape index (κ1) is 19.5. The van der Waals surface area contributed by atoms with Crippen molar-refractivity contribution in [2.45, 2.75) is 44.2 Å². The normalized spacial score (nSPS) is 15.5. The molecule has 0 fully saturated rings. The summed E-state index contributed by atoms with van der Waals surface area (Å²) in [6.07, 6.45) is -2.30. The molecule has 0 radical (unpaired) electrons. The quantitative estimate of drug-likeness (QED) is 0.551. The fourth-order valence-corrected chi connectivity index (χ4v) is 3.19. The fraction of sp³-hybridized carbons (Fsp3) is 0.467. The van der Waals surface area contributed by atoms with E-state index < -0.39 is 27.8 Å². The molecule has 0 aliphatic carbocycles. The average Bonchev–Trinajstić information content (AvgIpc) is 2.35. The molecule has 22 heavy (non-hydrogen) atoms. The fourth-order valence-electron chi connectivity index (χ4n) is 1.70. The lowest BCUT2D eigenvalue weighted by atomic mass is 10.0. The first-order valence-corrected chi connectivity index (χ1v) is 8.56. The highest BCUT2D eigenvalue weighted by molar-refractivity contribution is 9.10. The van der Waals surface area contributed by atoms with Crippen molar-refractivity contribution < 1.29 is 17.7 Å². The van der Waals surface area contributed by atoms with Crippen LogP contribution < -0.4 is 4.72 Å². The van der Waals surface area contributed by atoms with Crippen molar-refractivity contribution in [3.8, 4) is 0 Å². The summed E-state index contributed by atoms with van der Waals surface area (Å²) >= 11 is 1.84. The predicted octanol–water partition coefficient (Wildman–Crippen LogP) is 5.14. The average molecular weight is 398 g/mol. The molecule has 124 valence electrons. The molecule has 1 N–H and O–H groups in total. The zero-order valence-electron chi connectivity index (χ0n) is 12.6. The molecule has 0 spiro atoms. The molecular weight excluding hydrogens is 379 g/mol. The van der Waals surface area contributed by atoms with E-state index in [0.29, 0.717) is 16.5 Å². The Morgan fingerprint density at radius 3 is 2.36 bits per heavy atom. The van der Waals surface area contributed by atoms with E-state index in [0.717, 1.165) is 12.1 Å². The van der Waals surface area contributed by atoms with Crippen LogP contribution in [0.2, 0.25) is 0 Å². The molecule has 0 unspecified atom stereocenters. The Bertz CT molecular complexity index is 528. The molecule has 0 amide bonds. The lowest BCUT2D eigenvalue weighted by Crippen LogP contribution is -2.41. The minimum Gasteiger partial charge on any atom is -0.598 e. The third-order valence-electron chi connectivity index (χ3n) is 2.91. The maximum Gasteiger partial charge on any atom is 0.416 e. The van der Waals surface area contributed by atoms with Gasteiger partial charge in [0.2, 0.25) is 0 Å². The molecule has 2 nitrogen and oxygen atoms in total. The molecule has 0 bridgehead atoms. The lowest BCUT2D eigenvalue weighted by molar-refractivity contribution is -0.137. The molecule has 0 aliphatic heterocycles. The number of hydrogen-bond acceptors (Lipinski definition) is 2. The van der Waals surface area contributed by atoms with Crippen LogP contribution in [0.25, 0.3) is 0 Å². The molecule has 7 heteroatoms. The van der Waals surface area contributed by atoms with E-state index in [1.807, 2.05) is 20.8 Å². The van der Waals surface area contributed by atoms with E-state index in [1.165, 1.54) is 6.07 Å². The van der Waals surface area contributed by atoms with Gasteiger partial charge in [0, 0.05) is 15.8 Å². The van der Waals surface area contributed by atoms with Crippen molar-refractivity contribution in [2.75, 3.05) is 0 Å². The minimum atomic E-state index is -4.39. The summed E-state index contributed by atoms with van der Waals surface area (Å²) in [6.45, 7) is 9.11. The Kier molecular flexibility index (Phi) is 6.56. The van der Waals surface area contributed by atoms with Crippen LogP contribution in [-0.2, 0) is 17.5 Å². The van der Waals surface area contributed by atoms with Gasteiger partial charge in [-0.25, -0.2) is 0 Å². The monoisotopic (exact) mass is 397 g/mol. The van der Waals surface area contributed by atoms with E-state index in [2.05, 4.69) is 27.2 Å². The highest BCUT2D eigenvalue weighted by Crippen LogP contribution is 2.35. The Morgan fingerprint density at radius 2 is 1.95 bits per heavy atom. The molecule has 0 aliphatic rings. The van der Waals surface area contributed by atoms with Gasteiger partial charge >= 0.3 is 6.18 Å². The molecular formula is C15H19BrF3NOS. The summed E-state index contributed by atoms with van der Waals surface area (Å²) in [5.41, 5.74) is -0.108.